The van der Waals surface area contributed by atoms with Crippen molar-refractivity contribution in [2.45, 2.75) is 38.7 Å². The smallest absolute Gasteiger partial charge is 0.314 e. The van der Waals surface area contributed by atoms with Gasteiger partial charge in [0.15, 0.2) is 0 Å². The molecular formula is C16H23NO4. The fourth-order valence-corrected chi connectivity index (χ4v) is 1.94. The quantitative estimate of drug-likeness (QED) is 0.712. The molecule has 0 radical (unpaired) electrons. The second kappa shape index (κ2) is 7.22. The normalized spacial score (nSPS) is 15.3. The van der Waals surface area contributed by atoms with E-state index in [0.29, 0.717) is 5.56 Å². The molecule has 0 saturated heterocycles. The van der Waals surface area contributed by atoms with Crippen LogP contribution in [0.5, 0.6) is 0 Å². The molecule has 116 valence electrons. The van der Waals surface area contributed by atoms with Crippen LogP contribution in [0.4, 0.5) is 0 Å². The number of aliphatic carboxylic acids is 1. The maximum atomic E-state index is 12.0. The Kier molecular flexibility index (Phi) is 5.90. The number of aliphatic hydroxyl groups is 1. The monoisotopic (exact) mass is 293 g/mol. The highest BCUT2D eigenvalue weighted by atomic mass is 16.4. The van der Waals surface area contributed by atoms with Crippen molar-refractivity contribution < 1.29 is 19.8 Å². The average molecular weight is 293 g/mol. The van der Waals surface area contributed by atoms with Gasteiger partial charge in [-0.2, -0.15) is 0 Å². The van der Waals surface area contributed by atoms with E-state index >= 15 is 0 Å². The lowest BCUT2D eigenvalue weighted by Gasteiger charge is -2.25. The maximum absolute atomic E-state index is 12.0. The summed E-state index contributed by atoms with van der Waals surface area (Å²) in [6.45, 7) is 5.36. The van der Waals surface area contributed by atoms with Gasteiger partial charge in [0.05, 0.1) is 11.5 Å². The molecule has 1 rings (SSSR count). The predicted octanol–water partition coefficient (Wildman–Crippen LogP) is 1.55. The van der Waals surface area contributed by atoms with E-state index in [1.807, 2.05) is 13.8 Å². The van der Waals surface area contributed by atoms with Crippen molar-refractivity contribution in [1.29, 1.82) is 0 Å². The Bertz CT molecular complexity index is 486. The van der Waals surface area contributed by atoms with Crippen LogP contribution in [0.3, 0.4) is 0 Å². The number of carbonyl (C=O) groups excluding carboxylic acids is 1. The lowest BCUT2D eigenvalue weighted by atomic mass is 9.79. The Morgan fingerprint density at radius 2 is 1.81 bits per heavy atom. The summed E-state index contributed by atoms with van der Waals surface area (Å²) in [7, 11) is 0. The third kappa shape index (κ3) is 4.56. The number of rotatable bonds is 7. The van der Waals surface area contributed by atoms with Crippen LogP contribution in [-0.2, 0) is 15.0 Å². The molecule has 5 heteroatoms. The molecule has 5 nitrogen and oxygen atoms in total. The first kappa shape index (κ1) is 17.2. The zero-order valence-corrected chi connectivity index (χ0v) is 12.7. The van der Waals surface area contributed by atoms with Crippen LogP contribution in [0.15, 0.2) is 30.3 Å². The first-order valence-electron chi connectivity index (χ1n) is 7.01. The number of carbonyl (C=O) groups is 2. The Morgan fingerprint density at radius 1 is 1.24 bits per heavy atom. The Morgan fingerprint density at radius 3 is 2.29 bits per heavy atom. The number of hydrogen-bond donors (Lipinski definition) is 3. The van der Waals surface area contributed by atoms with Crippen molar-refractivity contribution in [3.8, 4) is 0 Å². The maximum Gasteiger partial charge on any atom is 0.314 e. The molecule has 0 fully saturated rings. The second-order valence-corrected chi connectivity index (χ2v) is 5.80. The summed E-state index contributed by atoms with van der Waals surface area (Å²) in [5.74, 6) is -1.40. The average Bonchev–Trinajstić information content (AvgIpc) is 2.45. The molecule has 0 aliphatic rings. The van der Waals surface area contributed by atoms with E-state index in [-0.39, 0.29) is 24.8 Å². The summed E-state index contributed by atoms with van der Waals surface area (Å²) in [5.41, 5.74) is -0.703. The number of benzene rings is 1. The van der Waals surface area contributed by atoms with Crippen LogP contribution in [0, 0.1) is 5.92 Å². The van der Waals surface area contributed by atoms with Gasteiger partial charge in [-0.05, 0) is 18.4 Å². The topological polar surface area (TPSA) is 86.6 Å². The molecule has 0 spiro atoms. The van der Waals surface area contributed by atoms with Crippen LogP contribution in [0.1, 0.15) is 32.8 Å². The molecule has 2 atom stereocenters. The van der Waals surface area contributed by atoms with Crippen molar-refractivity contribution in [2.75, 3.05) is 6.54 Å². The van der Waals surface area contributed by atoms with Crippen LogP contribution < -0.4 is 5.32 Å². The van der Waals surface area contributed by atoms with Crippen LogP contribution in [-0.4, -0.2) is 34.7 Å². The van der Waals surface area contributed by atoms with Crippen molar-refractivity contribution in [3.63, 3.8) is 0 Å². The zero-order chi connectivity index (χ0) is 16.0. The van der Waals surface area contributed by atoms with Crippen LogP contribution in [0.2, 0.25) is 0 Å². The highest BCUT2D eigenvalue weighted by Gasteiger charge is 2.37. The van der Waals surface area contributed by atoms with E-state index in [2.05, 4.69) is 5.32 Å². The van der Waals surface area contributed by atoms with E-state index in [4.69, 9.17) is 0 Å². The minimum atomic E-state index is -1.28. The number of carboxylic acids is 1. The lowest BCUT2D eigenvalue weighted by Crippen LogP contribution is -2.41. The molecule has 0 aromatic heterocycles. The van der Waals surface area contributed by atoms with E-state index in [0.717, 1.165) is 0 Å². The zero-order valence-electron chi connectivity index (χ0n) is 12.7. The fourth-order valence-electron chi connectivity index (χ4n) is 1.94. The number of aliphatic hydroxyl groups excluding tert-OH is 1. The Balaban J connectivity index is 2.76. The fraction of sp³-hybridized carbons (Fsp3) is 0.500. The van der Waals surface area contributed by atoms with Gasteiger partial charge in [-0.3, -0.25) is 9.59 Å². The summed E-state index contributed by atoms with van der Waals surface area (Å²) in [5, 5.41) is 21.7. The van der Waals surface area contributed by atoms with E-state index in [1.165, 1.54) is 6.92 Å². The van der Waals surface area contributed by atoms with Gasteiger partial charge < -0.3 is 15.5 Å². The molecule has 0 aliphatic heterocycles. The minimum absolute atomic E-state index is 0.0327. The summed E-state index contributed by atoms with van der Waals surface area (Å²) in [6, 6.07) is 8.69. The predicted molar refractivity (Wildman–Crippen MR) is 79.9 cm³/mol. The largest absolute Gasteiger partial charge is 0.481 e. The first-order chi connectivity index (χ1) is 9.77. The lowest BCUT2D eigenvalue weighted by molar-refractivity contribution is -0.145. The van der Waals surface area contributed by atoms with Gasteiger partial charge in [0.1, 0.15) is 0 Å². The summed E-state index contributed by atoms with van der Waals surface area (Å²) in [4.78, 5) is 23.6. The molecular weight excluding hydrogens is 270 g/mol. The summed E-state index contributed by atoms with van der Waals surface area (Å²) in [6.07, 6.45) is -0.807. The van der Waals surface area contributed by atoms with Gasteiger partial charge in [0.25, 0.3) is 0 Å². The van der Waals surface area contributed by atoms with E-state index < -0.39 is 17.5 Å². The van der Waals surface area contributed by atoms with Crippen molar-refractivity contribution in [3.05, 3.63) is 35.9 Å². The van der Waals surface area contributed by atoms with Crippen molar-refractivity contribution in [2.24, 2.45) is 5.92 Å². The van der Waals surface area contributed by atoms with Crippen LogP contribution >= 0.6 is 0 Å². The van der Waals surface area contributed by atoms with E-state index in [9.17, 15) is 19.8 Å². The summed E-state index contributed by atoms with van der Waals surface area (Å²) < 4.78 is 0. The van der Waals surface area contributed by atoms with Gasteiger partial charge in [0.2, 0.25) is 5.91 Å². The van der Waals surface area contributed by atoms with Gasteiger partial charge in [-0.25, -0.2) is 0 Å². The SMILES string of the molecule is CC(C)C(O)CNC(=O)CC(C)(C(=O)O)c1ccccc1. The third-order valence-corrected chi connectivity index (χ3v) is 3.67. The summed E-state index contributed by atoms with van der Waals surface area (Å²) >= 11 is 0. The highest BCUT2D eigenvalue weighted by Crippen LogP contribution is 2.27. The Labute approximate surface area is 125 Å². The molecule has 0 saturated carbocycles. The molecule has 0 heterocycles. The minimum Gasteiger partial charge on any atom is -0.481 e. The molecule has 1 aromatic rings. The number of hydrogen-bond acceptors (Lipinski definition) is 3. The van der Waals surface area contributed by atoms with Gasteiger partial charge in [0, 0.05) is 13.0 Å². The number of carboxylic acid groups (broad SMARTS) is 1. The van der Waals surface area contributed by atoms with E-state index in [1.54, 1.807) is 30.3 Å². The van der Waals surface area contributed by atoms with Crippen molar-refractivity contribution >= 4 is 11.9 Å². The molecule has 21 heavy (non-hydrogen) atoms. The van der Waals surface area contributed by atoms with Crippen LogP contribution in [0.25, 0.3) is 0 Å². The van der Waals surface area contributed by atoms with Gasteiger partial charge in [-0.1, -0.05) is 44.2 Å². The molecule has 2 unspecified atom stereocenters. The molecule has 0 aliphatic carbocycles. The van der Waals surface area contributed by atoms with Crippen molar-refractivity contribution in [1.82, 2.24) is 5.32 Å². The van der Waals surface area contributed by atoms with Gasteiger partial charge in [-0.15, -0.1) is 0 Å². The second-order valence-electron chi connectivity index (χ2n) is 5.80. The standard InChI is InChI=1S/C16H23NO4/c1-11(2)13(18)10-17-14(19)9-16(3,15(20)21)12-7-5-4-6-8-12/h4-8,11,13,18H,9-10H2,1-3H3,(H,17,19)(H,20,21). The molecule has 0 bridgehead atoms. The molecule has 3 N–H and O–H groups in total. The third-order valence-electron chi connectivity index (χ3n) is 3.67. The number of nitrogens with one attached hydrogen (secondary N) is 1. The first-order valence-corrected chi connectivity index (χ1v) is 7.01. The molecule has 1 aromatic carbocycles. The molecule has 1 amide bonds. The highest BCUT2D eigenvalue weighted by molar-refractivity contribution is 5.89. The number of amides is 1. The van der Waals surface area contributed by atoms with Gasteiger partial charge >= 0.3 is 5.97 Å². The Hall–Kier alpha value is -1.88.